The summed E-state index contributed by atoms with van der Waals surface area (Å²) < 4.78 is 5.45. The number of benzene rings is 1. The maximum Gasteiger partial charge on any atom is 0.122 e. The maximum absolute atomic E-state index is 6.55. The molecule has 0 N–H and O–H groups in total. The quantitative estimate of drug-likeness (QED) is 0.761. The first-order valence-electron chi connectivity index (χ1n) is 6.45. The molecule has 0 bridgehead atoms. The summed E-state index contributed by atoms with van der Waals surface area (Å²) in [6, 6.07) is 8.20. The lowest BCUT2D eigenvalue weighted by atomic mass is 9.97. The molecule has 0 unspecified atom stereocenters. The topological polar surface area (TPSA) is 12.5 Å². The van der Waals surface area contributed by atoms with E-state index in [4.69, 9.17) is 16.3 Å². The van der Waals surface area contributed by atoms with E-state index in [-0.39, 0.29) is 10.9 Å². The Balaban J connectivity index is 2.24. The minimum absolute atomic E-state index is 0.153. The number of ether oxygens (including phenoxy) is 1. The van der Waals surface area contributed by atoms with Gasteiger partial charge in [0, 0.05) is 24.5 Å². The SMILES string of the molecule is COc1ccccc1[C@@H]1CN(C(C)(C)C)C[C@H]1Cl. The highest BCUT2D eigenvalue weighted by atomic mass is 35.5. The van der Waals surface area contributed by atoms with Crippen molar-refractivity contribution in [2.45, 2.75) is 37.6 Å². The first-order valence-corrected chi connectivity index (χ1v) is 6.89. The number of nitrogens with zero attached hydrogens (tertiary/aromatic N) is 1. The number of rotatable bonds is 2. The summed E-state index contributed by atoms with van der Waals surface area (Å²) in [4.78, 5) is 2.45. The van der Waals surface area contributed by atoms with Gasteiger partial charge in [0.15, 0.2) is 0 Å². The Morgan fingerprint density at radius 3 is 2.44 bits per heavy atom. The molecule has 0 spiro atoms. The number of methoxy groups -OCH3 is 1. The molecule has 2 atom stereocenters. The molecule has 1 heterocycles. The number of halogens is 1. The standard InChI is InChI=1S/C15H22ClNO/c1-15(2,3)17-9-12(13(16)10-17)11-7-5-6-8-14(11)18-4/h5-8,12-13H,9-10H2,1-4H3/t12-,13+/m0/s1. The van der Waals surface area contributed by atoms with Crippen molar-refractivity contribution in [2.75, 3.05) is 20.2 Å². The molecule has 1 aromatic carbocycles. The average Bonchev–Trinajstić information content (AvgIpc) is 2.71. The molecular weight excluding hydrogens is 246 g/mol. The highest BCUT2D eigenvalue weighted by Gasteiger charge is 2.38. The Morgan fingerprint density at radius 1 is 1.22 bits per heavy atom. The van der Waals surface area contributed by atoms with Crippen molar-refractivity contribution < 1.29 is 4.74 Å². The Labute approximate surface area is 115 Å². The summed E-state index contributed by atoms with van der Waals surface area (Å²) in [7, 11) is 1.72. The maximum atomic E-state index is 6.55. The highest BCUT2D eigenvalue weighted by Crippen LogP contribution is 2.38. The zero-order valence-electron chi connectivity index (χ0n) is 11.6. The lowest BCUT2D eigenvalue weighted by molar-refractivity contribution is 0.173. The van der Waals surface area contributed by atoms with Crippen LogP contribution < -0.4 is 4.74 Å². The van der Waals surface area contributed by atoms with Crippen LogP contribution in [0.15, 0.2) is 24.3 Å². The van der Waals surface area contributed by atoms with Gasteiger partial charge in [0.2, 0.25) is 0 Å². The van der Waals surface area contributed by atoms with Crippen LogP contribution in [0, 0.1) is 0 Å². The summed E-state index contributed by atoms with van der Waals surface area (Å²) in [6.45, 7) is 8.65. The predicted molar refractivity (Wildman–Crippen MR) is 76.7 cm³/mol. The Kier molecular flexibility index (Phi) is 3.88. The molecule has 100 valence electrons. The van der Waals surface area contributed by atoms with Gasteiger partial charge in [0.1, 0.15) is 5.75 Å². The van der Waals surface area contributed by atoms with Crippen LogP contribution in [-0.4, -0.2) is 36.0 Å². The van der Waals surface area contributed by atoms with Crippen LogP contribution in [0.2, 0.25) is 0 Å². The molecule has 3 heteroatoms. The van der Waals surface area contributed by atoms with Crippen LogP contribution in [-0.2, 0) is 0 Å². The lowest BCUT2D eigenvalue weighted by Crippen LogP contribution is -2.39. The second-order valence-corrected chi connectivity index (χ2v) is 6.50. The van der Waals surface area contributed by atoms with Crippen LogP contribution in [0.1, 0.15) is 32.3 Å². The van der Waals surface area contributed by atoms with Crippen molar-refractivity contribution in [1.82, 2.24) is 4.90 Å². The van der Waals surface area contributed by atoms with Gasteiger partial charge in [-0.2, -0.15) is 0 Å². The summed E-state index contributed by atoms with van der Waals surface area (Å²) >= 11 is 6.55. The van der Waals surface area contributed by atoms with Gasteiger partial charge in [-0.25, -0.2) is 0 Å². The van der Waals surface area contributed by atoms with Gasteiger partial charge in [0.25, 0.3) is 0 Å². The largest absolute Gasteiger partial charge is 0.496 e. The molecule has 2 rings (SSSR count). The summed E-state index contributed by atoms with van der Waals surface area (Å²) in [5, 5.41) is 0.153. The van der Waals surface area contributed by atoms with Crippen LogP contribution in [0.3, 0.4) is 0 Å². The van der Waals surface area contributed by atoms with E-state index in [0.29, 0.717) is 5.92 Å². The molecule has 2 nitrogen and oxygen atoms in total. The third-order valence-corrected chi connectivity index (χ3v) is 4.18. The van der Waals surface area contributed by atoms with Crippen LogP contribution in [0.5, 0.6) is 5.75 Å². The fourth-order valence-electron chi connectivity index (χ4n) is 2.58. The van der Waals surface area contributed by atoms with E-state index in [2.05, 4.69) is 37.8 Å². The zero-order chi connectivity index (χ0) is 13.3. The van der Waals surface area contributed by atoms with E-state index in [1.807, 2.05) is 12.1 Å². The molecular formula is C15H22ClNO. The zero-order valence-corrected chi connectivity index (χ0v) is 12.4. The van der Waals surface area contributed by atoms with E-state index in [1.54, 1.807) is 7.11 Å². The van der Waals surface area contributed by atoms with E-state index in [9.17, 15) is 0 Å². The van der Waals surface area contributed by atoms with Crippen molar-refractivity contribution in [3.05, 3.63) is 29.8 Å². The van der Waals surface area contributed by atoms with E-state index < -0.39 is 0 Å². The van der Waals surface area contributed by atoms with Gasteiger partial charge in [-0.05, 0) is 32.4 Å². The van der Waals surface area contributed by atoms with Gasteiger partial charge in [-0.15, -0.1) is 11.6 Å². The smallest absolute Gasteiger partial charge is 0.122 e. The molecule has 0 amide bonds. The van der Waals surface area contributed by atoms with E-state index >= 15 is 0 Å². The van der Waals surface area contributed by atoms with Crippen molar-refractivity contribution >= 4 is 11.6 Å². The van der Waals surface area contributed by atoms with Gasteiger partial charge in [-0.3, -0.25) is 4.90 Å². The number of hydrogen-bond acceptors (Lipinski definition) is 2. The molecule has 0 saturated carbocycles. The van der Waals surface area contributed by atoms with Crippen molar-refractivity contribution in [3.63, 3.8) is 0 Å². The van der Waals surface area contributed by atoms with Gasteiger partial charge < -0.3 is 4.74 Å². The average molecular weight is 268 g/mol. The fourth-order valence-corrected chi connectivity index (χ4v) is 2.96. The molecule has 0 aliphatic carbocycles. The first kappa shape index (κ1) is 13.7. The fraction of sp³-hybridized carbons (Fsp3) is 0.600. The van der Waals surface area contributed by atoms with E-state index in [1.165, 1.54) is 5.56 Å². The van der Waals surface area contributed by atoms with Crippen molar-refractivity contribution in [3.8, 4) is 5.75 Å². The number of likely N-dealkylation sites (tertiary alicyclic amines) is 1. The van der Waals surface area contributed by atoms with Crippen molar-refractivity contribution in [1.29, 1.82) is 0 Å². The number of hydrogen-bond donors (Lipinski definition) is 0. The summed E-state index contributed by atoms with van der Waals surface area (Å²) in [5.41, 5.74) is 1.40. The van der Waals surface area contributed by atoms with Crippen molar-refractivity contribution in [2.24, 2.45) is 0 Å². The minimum atomic E-state index is 0.153. The number of para-hydroxylation sites is 1. The molecule has 0 radical (unpaired) electrons. The number of alkyl halides is 1. The third-order valence-electron chi connectivity index (χ3n) is 3.74. The molecule has 1 aliphatic heterocycles. The Hall–Kier alpha value is -0.730. The second-order valence-electron chi connectivity index (χ2n) is 5.94. The van der Waals surface area contributed by atoms with E-state index in [0.717, 1.165) is 18.8 Å². The highest BCUT2D eigenvalue weighted by molar-refractivity contribution is 6.21. The summed E-state index contributed by atoms with van der Waals surface area (Å²) in [5.74, 6) is 1.30. The second kappa shape index (κ2) is 5.10. The van der Waals surface area contributed by atoms with Crippen LogP contribution in [0.25, 0.3) is 0 Å². The Morgan fingerprint density at radius 2 is 1.89 bits per heavy atom. The monoisotopic (exact) mass is 267 g/mol. The predicted octanol–water partition coefficient (Wildman–Crippen LogP) is 3.50. The molecule has 1 aromatic rings. The lowest BCUT2D eigenvalue weighted by Gasteiger charge is -2.31. The minimum Gasteiger partial charge on any atom is -0.496 e. The molecule has 1 saturated heterocycles. The molecule has 0 aromatic heterocycles. The first-order chi connectivity index (χ1) is 8.43. The summed E-state index contributed by atoms with van der Waals surface area (Å²) in [6.07, 6.45) is 0. The van der Waals surface area contributed by atoms with Gasteiger partial charge in [-0.1, -0.05) is 18.2 Å². The van der Waals surface area contributed by atoms with Crippen LogP contribution in [0.4, 0.5) is 0 Å². The molecule has 1 fully saturated rings. The van der Waals surface area contributed by atoms with Gasteiger partial charge in [0.05, 0.1) is 12.5 Å². The Bertz CT molecular complexity index is 413. The third kappa shape index (κ3) is 2.65. The van der Waals surface area contributed by atoms with Gasteiger partial charge >= 0.3 is 0 Å². The normalized spacial score (nSPS) is 25.4. The molecule has 1 aliphatic rings. The molecule has 18 heavy (non-hydrogen) atoms. The van der Waals surface area contributed by atoms with Crippen LogP contribution >= 0.6 is 11.6 Å².